The highest BCUT2D eigenvalue weighted by atomic mass is 16.6. The largest absolute Gasteiger partial charge is 0.477 e. The highest BCUT2D eigenvalue weighted by molar-refractivity contribution is 6.36. The molecule has 1 atom stereocenters. The molecular formula is C11H16N2O4. The van der Waals surface area contributed by atoms with Gasteiger partial charge in [0, 0.05) is 19.5 Å². The van der Waals surface area contributed by atoms with Gasteiger partial charge in [-0.2, -0.15) is 0 Å². The van der Waals surface area contributed by atoms with Crippen molar-refractivity contribution in [2.75, 3.05) is 7.05 Å². The third kappa shape index (κ3) is 2.40. The molecule has 1 amide bonds. The summed E-state index contributed by atoms with van der Waals surface area (Å²) in [6.07, 6.45) is 3.62. The SMILES string of the molecule is CN(C(=O)C1CC(C(=O)O)=NO1)C1CCCC1. The number of rotatable bonds is 3. The molecule has 2 aliphatic rings. The van der Waals surface area contributed by atoms with Gasteiger partial charge in [-0.05, 0) is 12.8 Å². The second-order valence-electron chi connectivity index (χ2n) is 4.53. The number of carboxylic acid groups (broad SMARTS) is 1. The van der Waals surface area contributed by atoms with Crippen LogP contribution in [-0.4, -0.2) is 46.8 Å². The third-order valence-electron chi connectivity index (χ3n) is 3.41. The number of oxime groups is 1. The van der Waals surface area contributed by atoms with Crippen LogP contribution in [0.1, 0.15) is 32.1 Å². The fraction of sp³-hybridized carbons (Fsp3) is 0.727. The molecule has 1 aliphatic carbocycles. The molecule has 0 aromatic carbocycles. The lowest BCUT2D eigenvalue weighted by atomic mass is 10.1. The van der Waals surface area contributed by atoms with Crippen molar-refractivity contribution in [2.24, 2.45) is 5.16 Å². The normalized spacial score (nSPS) is 24.3. The van der Waals surface area contributed by atoms with Gasteiger partial charge in [0.2, 0.25) is 6.10 Å². The van der Waals surface area contributed by atoms with E-state index < -0.39 is 12.1 Å². The minimum atomic E-state index is -1.12. The molecule has 1 saturated carbocycles. The minimum Gasteiger partial charge on any atom is -0.477 e. The van der Waals surface area contributed by atoms with E-state index in [1.807, 2.05) is 0 Å². The molecule has 1 fully saturated rings. The Morgan fingerprint density at radius 1 is 1.41 bits per heavy atom. The molecule has 0 aromatic heterocycles. The number of carbonyl (C=O) groups is 2. The standard InChI is InChI=1S/C11H16N2O4/c1-13(7-4-2-3-5-7)10(14)9-6-8(11(15)16)12-17-9/h7,9H,2-6H2,1H3,(H,15,16). The van der Waals surface area contributed by atoms with Crippen LogP contribution in [0.5, 0.6) is 0 Å². The van der Waals surface area contributed by atoms with Crippen molar-refractivity contribution in [1.82, 2.24) is 4.90 Å². The highest BCUT2D eigenvalue weighted by Crippen LogP contribution is 2.24. The number of hydrogen-bond acceptors (Lipinski definition) is 4. The van der Waals surface area contributed by atoms with E-state index in [0.717, 1.165) is 25.7 Å². The summed E-state index contributed by atoms with van der Waals surface area (Å²) in [5.74, 6) is -1.29. The Bertz CT molecular complexity index is 360. The molecule has 1 heterocycles. The fourth-order valence-electron chi connectivity index (χ4n) is 2.33. The maximum atomic E-state index is 12.0. The van der Waals surface area contributed by atoms with E-state index in [1.54, 1.807) is 11.9 Å². The van der Waals surface area contributed by atoms with Gasteiger partial charge >= 0.3 is 5.97 Å². The van der Waals surface area contributed by atoms with Gasteiger partial charge in [-0.25, -0.2) is 4.79 Å². The molecule has 0 saturated heterocycles. The topological polar surface area (TPSA) is 79.2 Å². The summed E-state index contributed by atoms with van der Waals surface area (Å²) in [6, 6.07) is 0.264. The van der Waals surface area contributed by atoms with Crippen LogP contribution in [0.3, 0.4) is 0 Å². The monoisotopic (exact) mass is 240 g/mol. The Morgan fingerprint density at radius 3 is 2.59 bits per heavy atom. The van der Waals surface area contributed by atoms with Gasteiger partial charge < -0.3 is 14.8 Å². The molecule has 1 N–H and O–H groups in total. The number of carboxylic acids is 1. The van der Waals surface area contributed by atoms with Crippen molar-refractivity contribution in [3.05, 3.63) is 0 Å². The molecule has 6 heteroatoms. The van der Waals surface area contributed by atoms with E-state index >= 15 is 0 Å². The van der Waals surface area contributed by atoms with Gasteiger partial charge in [0.05, 0.1) is 0 Å². The first-order valence-electron chi connectivity index (χ1n) is 5.82. The van der Waals surface area contributed by atoms with E-state index in [-0.39, 0.29) is 24.1 Å². The lowest BCUT2D eigenvalue weighted by Crippen LogP contribution is -2.42. The van der Waals surface area contributed by atoms with Gasteiger partial charge in [0.15, 0.2) is 5.71 Å². The van der Waals surface area contributed by atoms with Gasteiger partial charge in [0.1, 0.15) is 0 Å². The molecular weight excluding hydrogens is 224 g/mol. The Hall–Kier alpha value is -1.59. The average Bonchev–Trinajstić information content (AvgIpc) is 2.97. The molecule has 1 aliphatic heterocycles. The fourth-order valence-corrected chi connectivity index (χ4v) is 2.33. The van der Waals surface area contributed by atoms with Crippen molar-refractivity contribution in [2.45, 2.75) is 44.2 Å². The third-order valence-corrected chi connectivity index (χ3v) is 3.41. The van der Waals surface area contributed by atoms with E-state index in [9.17, 15) is 9.59 Å². The van der Waals surface area contributed by atoms with Gasteiger partial charge in [-0.15, -0.1) is 0 Å². The number of carbonyl (C=O) groups excluding carboxylic acids is 1. The predicted octanol–water partition coefficient (Wildman–Crippen LogP) is 0.617. The van der Waals surface area contributed by atoms with Crippen molar-refractivity contribution in [1.29, 1.82) is 0 Å². The van der Waals surface area contributed by atoms with Crippen LogP contribution in [0.15, 0.2) is 5.16 Å². The Kier molecular flexibility index (Phi) is 3.31. The Labute approximate surface area is 99.2 Å². The summed E-state index contributed by atoms with van der Waals surface area (Å²) in [6.45, 7) is 0. The van der Waals surface area contributed by atoms with Crippen LogP contribution >= 0.6 is 0 Å². The first-order chi connectivity index (χ1) is 8.09. The Morgan fingerprint density at radius 2 is 2.06 bits per heavy atom. The van der Waals surface area contributed by atoms with E-state index in [0.29, 0.717) is 0 Å². The molecule has 1 unspecified atom stereocenters. The summed E-state index contributed by atoms with van der Waals surface area (Å²) in [5, 5.41) is 12.1. The van der Waals surface area contributed by atoms with E-state index in [1.165, 1.54) is 0 Å². The molecule has 2 rings (SSSR count). The lowest BCUT2D eigenvalue weighted by Gasteiger charge is -2.25. The summed E-state index contributed by atoms with van der Waals surface area (Å²) in [7, 11) is 1.75. The van der Waals surface area contributed by atoms with Crippen molar-refractivity contribution >= 4 is 17.6 Å². The molecule has 0 aromatic rings. The van der Waals surface area contributed by atoms with Crippen molar-refractivity contribution in [3.63, 3.8) is 0 Å². The maximum Gasteiger partial charge on any atom is 0.353 e. The minimum absolute atomic E-state index is 0.0607. The predicted molar refractivity (Wildman–Crippen MR) is 59.6 cm³/mol. The number of likely N-dealkylation sites (N-methyl/N-ethyl adjacent to an activating group) is 1. The van der Waals surface area contributed by atoms with Crippen molar-refractivity contribution in [3.8, 4) is 0 Å². The molecule has 0 bridgehead atoms. The van der Waals surface area contributed by atoms with E-state index in [2.05, 4.69) is 5.16 Å². The summed E-state index contributed by atoms with van der Waals surface area (Å²) >= 11 is 0. The maximum absolute atomic E-state index is 12.0. The zero-order valence-corrected chi connectivity index (χ0v) is 9.76. The second kappa shape index (κ2) is 4.73. The second-order valence-corrected chi connectivity index (χ2v) is 4.53. The number of aliphatic carboxylic acids is 1. The van der Waals surface area contributed by atoms with Crippen LogP contribution in [0, 0.1) is 0 Å². The first kappa shape index (κ1) is 11.9. The average molecular weight is 240 g/mol. The zero-order valence-electron chi connectivity index (χ0n) is 9.76. The molecule has 0 radical (unpaired) electrons. The van der Waals surface area contributed by atoms with Gasteiger partial charge in [-0.3, -0.25) is 4.79 Å². The highest BCUT2D eigenvalue weighted by Gasteiger charge is 2.35. The summed E-state index contributed by atoms with van der Waals surface area (Å²) in [4.78, 5) is 29.3. The van der Waals surface area contributed by atoms with Crippen LogP contribution < -0.4 is 0 Å². The van der Waals surface area contributed by atoms with E-state index in [4.69, 9.17) is 9.94 Å². The number of amides is 1. The van der Waals surface area contributed by atoms with Crippen LogP contribution in [0.4, 0.5) is 0 Å². The molecule has 0 spiro atoms. The van der Waals surface area contributed by atoms with Gasteiger partial charge in [0.25, 0.3) is 5.91 Å². The zero-order chi connectivity index (χ0) is 12.4. The first-order valence-corrected chi connectivity index (χ1v) is 5.82. The van der Waals surface area contributed by atoms with Gasteiger partial charge in [-0.1, -0.05) is 18.0 Å². The number of nitrogens with zero attached hydrogens (tertiary/aromatic N) is 2. The molecule has 17 heavy (non-hydrogen) atoms. The Balaban J connectivity index is 1.91. The number of hydrogen-bond donors (Lipinski definition) is 1. The molecule has 94 valence electrons. The van der Waals surface area contributed by atoms with Crippen LogP contribution in [0.2, 0.25) is 0 Å². The van der Waals surface area contributed by atoms with Crippen molar-refractivity contribution < 1.29 is 19.5 Å². The summed E-state index contributed by atoms with van der Waals surface area (Å²) in [5.41, 5.74) is -0.0804. The quantitative estimate of drug-likeness (QED) is 0.784. The lowest BCUT2D eigenvalue weighted by molar-refractivity contribution is -0.142. The summed E-state index contributed by atoms with van der Waals surface area (Å²) < 4.78 is 0. The molecule has 6 nitrogen and oxygen atoms in total. The smallest absolute Gasteiger partial charge is 0.353 e. The van der Waals surface area contributed by atoms with Crippen LogP contribution in [-0.2, 0) is 14.4 Å². The van der Waals surface area contributed by atoms with Crippen LogP contribution in [0.25, 0.3) is 0 Å².